The molecule has 2 atom stereocenters. The monoisotopic (exact) mass is 393 g/mol. The summed E-state index contributed by atoms with van der Waals surface area (Å²) in [6.07, 6.45) is 4.77. The fourth-order valence-electron chi connectivity index (χ4n) is 2.76. The lowest BCUT2D eigenvalue weighted by Gasteiger charge is -2.34. The number of benzene rings is 1. The Morgan fingerprint density at radius 2 is 1.89 bits per heavy atom. The molecule has 1 amide bonds. The van der Waals surface area contributed by atoms with Crippen LogP contribution in [0.25, 0.3) is 0 Å². The van der Waals surface area contributed by atoms with Crippen molar-refractivity contribution in [3.63, 3.8) is 0 Å². The van der Waals surface area contributed by atoms with Gasteiger partial charge in [-0.3, -0.25) is 10.6 Å². The molecule has 1 aliphatic rings. The zero-order valence-electron chi connectivity index (χ0n) is 15.1. The minimum Gasteiger partial charge on any atom is -0.461 e. The second-order valence-corrected chi connectivity index (χ2v) is 8.21. The number of sulfonamides is 1. The van der Waals surface area contributed by atoms with Crippen LogP contribution in [0.5, 0.6) is 0 Å². The van der Waals surface area contributed by atoms with Crippen molar-refractivity contribution < 1.29 is 22.7 Å². The maximum absolute atomic E-state index is 12.8. The quantitative estimate of drug-likeness (QED) is 0.352. The molecule has 2 rings (SSSR count). The summed E-state index contributed by atoms with van der Waals surface area (Å²) in [6.45, 7) is 3.35. The topological polar surface area (TPSA) is 128 Å². The van der Waals surface area contributed by atoms with Crippen molar-refractivity contribution in [3.05, 3.63) is 60.2 Å². The number of nitrogens with one attached hydrogen (secondary N) is 2. The van der Waals surface area contributed by atoms with Gasteiger partial charge in [0.2, 0.25) is 20.7 Å². The van der Waals surface area contributed by atoms with Crippen LogP contribution >= 0.6 is 0 Å². The highest BCUT2D eigenvalue weighted by Gasteiger charge is 2.58. The summed E-state index contributed by atoms with van der Waals surface area (Å²) < 4.78 is 28.2. The first-order valence-electron chi connectivity index (χ1n) is 8.35. The van der Waals surface area contributed by atoms with Crippen molar-refractivity contribution in [2.45, 2.75) is 31.2 Å². The van der Waals surface area contributed by atoms with Crippen LogP contribution < -0.4 is 16.0 Å². The number of allylic oxidation sites excluding steroid dienone is 2. The molecule has 0 aliphatic heterocycles. The maximum Gasteiger partial charge on any atom is 0.334 e. The van der Waals surface area contributed by atoms with Gasteiger partial charge in [0.05, 0.1) is 12.0 Å². The van der Waals surface area contributed by atoms with Crippen LogP contribution in [0.4, 0.5) is 0 Å². The summed E-state index contributed by atoms with van der Waals surface area (Å²) in [5.74, 6) is 2.12. The van der Waals surface area contributed by atoms with Crippen molar-refractivity contribution in [3.8, 4) is 0 Å². The third kappa shape index (κ3) is 4.26. The Morgan fingerprint density at radius 3 is 2.48 bits per heavy atom. The van der Waals surface area contributed by atoms with Crippen LogP contribution in [-0.2, 0) is 30.9 Å². The van der Waals surface area contributed by atoms with Crippen LogP contribution in [0.15, 0.2) is 54.6 Å². The molecule has 146 valence electrons. The van der Waals surface area contributed by atoms with E-state index >= 15 is 0 Å². The normalized spacial score (nSPS) is 21.9. The fourth-order valence-corrected chi connectivity index (χ4v) is 4.00. The summed E-state index contributed by atoms with van der Waals surface area (Å²) in [7, 11) is -4.45. The van der Waals surface area contributed by atoms with E-state index < -0.39 is 38.7 Å². The van der Waals surface area contributed by atoms with Crippen molar-refractivity contribution >= 4 is 21.9 Å². The van der Waals surface area contributed by atoms with E-state index in [4.69, 9.17) is 10.6 Å². The smallest absolute Gasteiger partial charge is 0.334 e. The highest BCUT2D eigenvalue weighted by molar-refractivity contribution is 7.91. The van der Waals surface area contributed by atoms with Gasteiger partial charge in [0.25, 0.3) is 0 Å². The number of amides is 1. The minimum atomic E-state index is -4.45. The Morgan fingerprint density at radius 1 is 1.22 bits per heavy atom. The zero-order valence-corrected chi connectivity index (χ0v) is 15.9. The summed E-state index contributed by atoms with van der Waals surface area (Å²) in [5.41, 5.74) is 0.830. The molecule has 0 fully saturated rings. The molecule has 0 spiro atoms. The Bertz CT molecular complexity index is 849. The second kappa shape index (κ2) is 8.47. The first-order chi connectivity index (χ1) is 12.7. The fraction of sp³-hybridized carbons (Fsp3) is 0.333. The molecule has 2 unspecified atom stereocenters. The maximum atomic E-state index is 12.8. The van der Waals surface area contributed by atoms with Gasteiger partial charge in [-0.25, -0.2) is 13.2 Å². The van der Waals surface area contributed by atoms with Crippen LogP contribution in [-0.4, -0.2) is 31.1 Å². The molecule has 1 aromatic carbocycles. The molecular formula is C18H23N3O5S. The first-order valence-corrected chi connectivity index (χ1v) is 9.83. The van der Waals surface area contributed by atoms with Gasteiger partial charge in [0.1, 0.15) is 0 Å². The van der Waals surface area contributed by atoms with E-state index in [9.17, 15) is 18.0 Å². The molecule has 1 aliphatic carbocycles. The van der Waals surface area contributed by atoms with Gasteiger partial charge in [0, 0.05) is 6.54 Å². The SMILES string of the molecule is CC(C)OC(=O)C1(S(=O)(=O)NN)C=CC=CC1C(=O)NCc1ccccc1. The number of carbonyl (C=O) groups is 2. The zero-order chi connectivity index (χ0) is 20.1. The summed E-state index contributed by atoms with van der Waals surface area (Å²) in [5, 5.41) is 2.66. The third-order valence-corrected chi connectivity index (χ3v) is 5.83. The van der Waals surface area contributed by atoms with Crippen LogP contribution in [0.2, 0.25) is 0 Å². The van der Waals surface area contributed by atoms with E-state index in [-0.39, 0.29) is 6.54 Å². The molecule has 0 saturated carbocycles. The minimum absolute atomic E-state index is 0.180. The predicted molar refractivity (Wildman–Crippen MR) is 100 cm³/mol. The van der Waals surface area contributed by atoms with Gasteiger partial charge < -0.3 is 10.1 Å². The molecular weight excluding hydrogens is 370 g/mol. The van der Waals surface area contributed by atoms with Gasteiger partial charge in [-0.2, -0.15) is 4.83 Å². The number of rotatable bonds is 7. The van der Waals surface area contributed by atoms with E-state index in [0.29, 0.717) is 0 Å². The molecule has 1 aromatic rings. The number of carbonyl (C=O) groups excluding carboxylic acids is 2. The Kier molecular flexibility index (Phi) is 6.53. The van der Waals surface area contributed by atoms with Crippen molar-refractivity contribution in [1.29, 1.82) is 0 Å². The lowest BCUT2D eigenvalue weighted by atomic mass is 9.86. The molecule has 0 radical (unpaired) electrons. The largest absolute Gasteiger partial charge is 0.461 e. The average Bonchev–Trinajstić information content (AvgIpc) is 2.66. The number of hydrogen-bond acceptors (Lipinski definition) is 6. The van der Waals surface area contributed by atoms with Crippen LogP contribution in [0, 0.1) is 5.92 Å². The molecule has 9 heteroatoms. The Labute approximate surface area is 158 Å². The molecule has 27 heavy (non-hydrogen) atoms. The second-order valence-electron chi connectivity index (χ2n) is 6.29. The summed E-state index contributed by atoms with van der Waals surface area (Å²) >= 11 is 0. The summed E-state index contributed by atoms with van der Waals surface area (Å²) in [4.78, 5) is 27.2. The van der Waals surface area contributed by atoms with E-state index in [0.717, 1.165) is 11.6 Å². The highest BCUT2D eigenvalue weighted by Crippen LogP contribution is 2.34. The number of ether oxygens (including phenoxy) is 1. The van der Waals surface area contributed by atoms with Gasteiger partial charge in [-0.1, -0.05) is 48.6 Å². The first kappa shape index (κ1) is 20.8. The highest BCUT2D eigenvalue weighted by atomic mass is 32.2. The van der Waals surface area contributed by atoms with Gasteiger partial charge in [-0.15, -0.1) is 0 Å². The van der Waals surface area contributed by atoms with Gasteiger partial charge in [-0.05, 0) is 25.5 Å². The molecule has 0 saturated heterocycles. The lowest BCUT2D eigenvalue weighted by molar-refractivity contribution is -0.152. The average molecular weight is 393 g/mol. The van der Waals surface area contributed by atoms with Crippen molar-refractivity contribution in [2.24, 2.45) is 11.8 Å². The molecule has 0 bridgehead atoms. The van der Waals surface area contributed by atoms with Crippen LogP contribution in [0.1, 0.15) is 19.4 Å². The molecule has 8 nitrogen and oxygen atoms in total. The lowest BCUT2D eigenvalue weighted by Crippen LogP contribution is -2.61. The predicted octanol–water partition coefficient (Wildman–Crippen LogP) is 0.529. The van der Waals surface area contributed by atoms with E-state index in [1.165, 1.54) is 18.2 Å². The Hall–Kier alpha value is -2.49. The number of esters is 1. The van der Waals surface area contributed by atoms with Gasteiger partial charge in [0.15, 0.2) is 0 Å². The molecule has 0 aromatic heterocycles. The van der Waals surface area contributed by atoms with E-state index in [1.54, 1.807) is 18.7 Å². The molecule has 4 N–H and O–H groups in total. The number of hydrogen-bond donors (Lipinski definition) is 3. The van der Waals surface area contributed by atoms with E-state index in [1.807, 2.05) is 30.3 Å². The Balaban J connectivity index is 2.38. The summed E-state index contributed by atoms with van der Waals surface area (Å²) in [6, 6.07) is 9.10. The van der Waals surface area contributed by atoms with Crippen molar-refractivity contribution in [2.75, 3.05) is 0 Å². The number of nitrogens with two attached hydrogens (primary N) is 1. The van der Waals surface area contributed by atoms with Crippen LogP contribution in [0.3, 0.4) is 0 Å². The van der Waals surface area contributed by atoms with E-state index in [2.05, 4.69) is 5.32 Å². The van der Waals surface area contributed by atoms with Crippen molar-refractivity contribution in [1.82, 2.24) is 10.1 Å². The van der Waals surface area contributed by atoms with Gasteiger partial charge >= 0.3 is 5.97 Å². The number of hydrazine groups is 1. The third-order valence-electron chi connectivity index (χ3n) is 4.07. The standard InChI is InChI=1S/C18H23N3O5S/c1-13(2)26-17(23)18(27(24,25)21-19)11-7-6-10-15(18)16(22)20-12-14-8-4-3-5-9-14/h3-11,13,15,21H,12,19H2,1-2H3,(H,20,22). The molecule has 0 heterocycles.